The fourth-order valence-corrected chi connectivity index (χ4v) is 5.53. The van der Waals surface area contributed by atoms with Crippen molar-refractivity contribution >= 4 is 40.4 Å². The van der Waals surface area contributed by atoms with Gasteiger partial charge in [-0.2, -0.15) is 0 Å². The molecule has 0 spiro atoms. The van der Waals surface area contributed by atoms with E-state index in [9.17, 15) is 4.79 Å². The SMILES string of the molecule is Cc1ccccc1C=O.Cc1sc(NSCc2ccccc2)nc1-c1ccc2c(c1)CCN2C. The Morgan fingerprint density at radius 2 is 1.82 bits per heavy atom. The number of fused-ring (bicyclic) bond motifs is 1. The molecule has 1 N–H and O–H groups in total. The molecule has 0 radical (unpaired) electrons. The largest absolute Gasteiger partial charge is 0.374 e. The summed E-state index contributed by atoms with van der Waals surface area (Å²) in [6.07, 6.45) is 2.00. The molecular weight excluding hydrogens is 458 g/mol. The molecule has 3 aromatic carbocycles. The van der Waals surface area contributed by atoms with Crippen molar-refractivity contribution in [2.75, 3.05) is 23.2 Å². The average Bonchev–Trinajstić information content (AvgIpc) is 3.42. The molecule has 0 atom stereocenters. The van der Waals surface area contributed by atoms with E-state index in [1.807, 2.05) is 37.3 Å². The van der Waals surface area contributed by atoms with Crippen molar-refractivity contribution in [1.29, 1.82) is 0 Å². The van der Waals surface area contributed by atoms with Crippen LogP contribution in [0.15, 0.2) is 72.8 Å². The molecule has 174 valence electrons. The average molecular weight is 488 g/mol. The highest BCUT2D eigenvalue weighted by atomic mass is 32.2. The standard InChI is InChI=1S/C20H21N3S2.C8H8O/c1-14-19(17-8-9-18-16(12-17)10-11-23(18)2)21-20(25-14)22-24-13-15-6-4-3-5-7-15;1-7-4-2-3-5-8(7)6-9/h3-9,12H,10-11,13H2,1-2H3,(H,21,22);2-6H,1H3. The number of hydrogen-bond donors (Lipinski definition) is 1. The Hall–Kier alpha value is -3.09. The molecule has 0 amide bonds. The van der Waals surface area contributed by atoms with Crippen LogP contribution < -0.4 is 9.62 Å². The summed E-state index contributed by atoms with van der Waals surface area (Å²) < 4.78 is 3.40. The van der Waals surface area contributed by atoms with Crippen LogP contribution in [0.1, 0.15) is 31.9 Å². The van der Waals surface area contributed by atoms with Gasteiger partial charge in [-0.1, -0.05) is 60.7 Å². The number of aldehydes is 1. The minimum Gasteiger partial charge on any atom is -0.374 e. The highest BCUT2D eigenvalue weighted by Crippen LogP contribution is 2.35. The molecule has 4 nitrogen and oxygen atoms in total. The van der Waals surface area contributed by atoms with Gasteiger partial charge in [-0.15, -0.1) is 11.3 Å². The molecule has 1 aliphatic rings. The van der Waals surface area contributed by atoms with E-state index in [1.165, 1.54) is 27.3 Å². The Kier molecular flexibility index (Phi) is 8.03. The van der Waals surface area contributed by atoms with E-state index in [0.717, 1.165) is 47.0 Å². The van der Waals surface area contributed by atoms with Gasteiger partial charge >= 0.3 is 0 Å². The topological polar surface area (TPSA) is 45.2 Å². The molecule has 0 saturated heterocycles. The number of benzene rings is 3. The number of anilines is 2. The number of thiazole rings is 1. The molecular formula is C28H29N3OS2. The lowest BCUT2D eigenvalue weighted by atomic mass is 10.1. The fourth-order valence-electron chi connectivity index (χ4n) is 3.90. The van der Waals surface area contributed by atoms with Crippen LogP contribution in [-0.4, -0.2) is 24.9 Å². The maximum absolute atomic E-state index is 10.2. The van der Waals surface area contributed by atoms with Crippen LogP contribution in [0, 0.1) is 13.8 Å². The maximum atomic E-state index is 10.2. The van der Waals surface area contributed by atoms with Crippen molar-refractivity contribution < 1.29 is 4.79 Å². The van der Waals surface area contributed by atoms with Gasteiger partial charge in [0.25, 0.3) is 0 Å². The second-order valence-electron chi connectivity index (χ2n) is 8.29. The van der Waals surface area contributed by atoms with Gasteiger partial charge in [0.1, 0.15) is 6.29 Å². The van der Waals surface area contributed by atoms with Gasteiger partial charge in [0.15, 0.2) is 5.13 Å². The van der Waals surface area contributed by atoms with Crippen LogP contribution in [0.3, 0.4) is 0 Å². The zero-order valence-electron chi connectivity index (χ0n) is 19.7. The van der Waals surface area contributed by atoms with Crippen molar-refractivity contribution in [3.63, 3.8) is 0 Å². The summed E-state index contributed by atoms with van der Waals surface area (Å²) in [7, 11) is 2.16. The minimum atomic E-state index is 0.775. The Bertz CT molecular complexity index is 1250. The second-order valence-corrected chi connectivity index (χ2v) is 10.3. The molecule has 2 heterocycles. The van der Waals surface area contributed by atoms with Crippen molar-refractivity contribution in [2.24, 2.45) is 0 Å². The number of nitrogens with one attached hydrogen (secondary N) is 1. The molecule has 5 rings (SSSR count). The number of rotatable bonds is 6. The Labute approximate surface area is 210 Å². The van der Waals surface area contributed by atoms with Gasteiger partial charge in [-0.05, 0) is 61.0 Å². The van der Waals surface area contributed by atoms with Gasteiger partial charge < -0.3 is 9.62 Å². The minimum absolute atomic E-state index is 0.775. The highest BCUT2D eigenvalue weighted by molar-refractivity contribution is 7.99. The van der Waals surface area contributed by atoms with Crippen LogP contribution >= 0.6 is 23.3 Å². The summed E-state index contributed by atoms with van der Waals surface area (Å²) in [6, 6.07) is 24.7. The summed E-state index contributed by atoms with van der Waals surface area (Å²) >= 11 is 3.41. The van der Waals surface area contributed by atoms with Gasteiger partial charge in [-0.25, -0.2) is 4.98 Å². The van der Waals surface area contributed by atoms with E-state index < -0.39 is 0 Å². The molecule has 0 aliphatic carbocycles. The molecule has 6 heteroatoms. The van der Waals surface area contributed by atoms with Crippen LogP contribution in [0.2, 0.25) is 0 Å². The Balaban J connectivity index is 0.000000257. The fraction of sp³-hybridized carbons (Fsp3) is 0.214. The predicted octanol–water partition coefficient (Wildman–Crippen LogP) is 7.18. The summed E-state index contributed by atoms with van der Waals surface area (Å²) in [4.78, 5) is 18.6. The van der Waals surface area contributed by atoms with Gasteiger partial charge in [0, 0.05) is 41.0 Å². The Morgan fingerprint density at radius 3 is 2.56 bits per heavy atom. The van der Waals surface area contributed by atoms with Crippen LogP contribution in [0.25, 0.3) is 11.3 Å². The molecule has 0 saturated carbocycles. The zero-order chi connectivity index (χ0) is 23.9. The molecule has 0 bridgehead atoms. The van der Waals surface area contributed by atoms with E-state index in [2.05, 4.69) is 66.1 Å². The third kappa shape index (κ3) is 5.88. The highest BCUT2D eigenvalue weighted by Gasteiger charge is 2.18. The first-order valence-electron chi connectivity index (χ1n) is 11.3. The first-order valence-corrected chi connectivity index (χ1v) is 13.1. The Morgan fingerprint density at radius 1 is 1.06 bits per heavy atom. The summed E-state index contributed by atoms with van der Waals surface area (Å²) in [5, 5.41) is 0.978. The third-order valence-electron chi connectivity index (χ3n) is 5.83. The lowest BCUT2D eigenvalue weighted by Gasteiger charge is -2.11. The maximum Gasteiger partial charge on any atom is 0.193 e. The third-order valence-corrected chi connectivity index (χ3v) is 7.66. The number of aryl methyl sites for hydroxylation is 2. The van der Waals surface area contributed by atoms with E-state index >= 15 is 0 Å². The molecule has 4 aromatic rings. The van der Waals surface area contributed by atoms with Crippen molar-refractivity contribution in [3.8, 4) is 11.3 Å². The van der Waals surface area contributed by atoms with Crippen molar-refractivity contribution in [3.05, 3.63) is 99.9 Å². The van der Waals surface area contributed by atoms with Gasteiger partial charge in [-0.3, -0.25) is 4.79 Å². The van der Waals surface area contributed by atoms with Gasteiger partial charge in [0.2, 0.25) is 0 Å². The first kappa shape index (κ1) is 24.0. The quantitative estimate of drug-likeness (QED) is 0.231. The number of carbonyl (C=O) groups excluding carboxylic acids is 1. The molecule has 1 aromatic heterocycles. The first-order chi connectivity index (χ1) is 16.5. The monoisotopic (exact) mass is 487 g/mol. The zero-order valence-corrected chi connectivity index (χ0v) is 21.4. The summed E-state index contributed by atoms with van der Waals surface area (Å²) in [5.74, 6) is 0.931. The molecule has 34 heavy (non-hydrogen) atoms. The van der Waals surface area contributed by atoms with E-state index in [4.69, 9.17) is 4.98 Å². The second kappa shape index (κ2) is 11.4. The lowest BCUT2D eigenvalue weighted by Crippen LogP contribution is -2.12. The molecule has 1 aliphatic heterocycles. The number of aromatic nitrogens is 1. The molecule has 0 fully saturated rings. The van der Waals surface area contributed by atoms with Crippen molar-refractivity contribution in [2.45, 2.75) is 26.0 Å². The van der Waals surface area contributed by atoms with Crippen molar-refractivity contribution in [1.82, 2.24) is 4.98 Å². The predicted molar refractivity (Wildman–Crippen MR) is 147 cm³/mol. The number of likely N-dealkylation sites (N-methyl/N-ethyl adjacent to an activating group) is 1. The number of hydrogen-bond acceptors (Lipinski definition) is 6. The van der Waals surface area contributed by atoms with Crippen LogP contribution in [0.5, 0.6) is 0 Å². The summed E-state index contributed by atoms with van der Waals surface area (Å²) in [5.41, 5.74) is 8.24. The normalized spacial score (nSPS) is 12.0. The van der Waals surface area contributed by atoms with Gasteiger partial charge in [0.05, 0.1) is 5.69 Å². The van der Waals surface area contributed by atoms with Crippen LogP contribution in [-0.2, 0) is 12.2 Å². The van der Waals surface area contributed by atoms with E-state index in [1.54, 1.807) is 23.3 Å². The number of carbonyl (C=O) groups is 1. The number of nitrogens with zero attached hydrogens (tertiary/aromatic N) is 2. The molecule has 0 unspecified atom stereocenters. The summed E-state index contributed by atoms with van der Waals surface area (Å²) in [6.45, 7) is 5.18. The van der Waals surface area contributed by atoms with E-state index in [0.29, 0.717) is 0 Å². The lowest BCUT2D eigenvalue weighted by molar-refractivity contribution is 0.112. The van der Waals surface area contributed by atoms with E-state index in [-0.39, 0.29) is 0 Å². The smallest absolute Gasteiger partial charge is 0.193 e. The van der Waals surface area contributed by atoms with Crippen LogP contribution in [0.4, 0.5) is 10.8 Å².